The van der Waals surface area contributed by atoms with Gasteiger partial charge in [0.25, 0.3) is 0 Å². The lowest BCUT2D eigenvalue weighted by Gasteiger charge is -2.21. The fourth-order valence-electron chi connectivity index (χ4n) is 2.00. The molecule has 0 saturated carbocycles. The zero-order chi connectivity index (χ0) is 14.6. The van der Waals surface area contributed by atoms with Gasteiger partial charge in [-0.25, -0.2) is 8.42 Å². The molecule has 19 heavy (non-hydrogen) atoms. The van der Waals surface area contributed by atoms with Crippen LogP contribution >= 0.6 is 0 Å². The molecule has 1 rings (SSSR count). The molecule has 1 aromatic carbocycles. The minimum Gasteiger partial charge on any atom is -0.392 e. The van der Waals surface area contributed by atoms with Crippen LogP contribution in [0.5, 0.6) is 0 Å². The van der Waals surface area contributed by atoms with E-state index >= 15 is 0 Å². The van der Waals surface area contributed by atoms with Gasteiger partial charge in [0, 0.05) is 13.1 Å². The highest BCUT2D eigenvalue weighted by atomic mass is 32.2. The van der Waals surface area contributed by atoms with Gasteiger partial charge >= 0.3 is 0 Å². The zero-order valence-electron chi connectivity index (χ0n) is 11.7. The molecule has 0 aromatic heterocycles. The van der Waals surface area contributed by atoms with Gasteiger partial charge in [-0.15, -0.1) is 6.58 Å². The molecule has 0 unspecified atom stereocenters. The van der Waals surface area contributed by atoms with Crippen LogP contribution in [-0.4, -0.2) is 30.9 Å². The van der Waals surface area contributed by atoms with E-state index in [1.54, 1.807) is 32.1 Å². The summed E-state index contributed by atoms with van der Waals surface area (Å²) in [5.74, 6) is 0. The van der Waals surface area contributed by atoms with Crippen molar-refractivity contribution >= 4 is 10.0 Å². The first-order valence-electron chi connectivity index (χ1n) is 6.20. The Kier molecular flexibility index (Phi) is 5.29. The first kappa shape index (κ1) is 15.9. The van der Waals surface area contributed by atoms with Crippen molar-refractivity contribution in [2.24, 2.45) is 0 Å². The number of aliphatic hydroxyl groups excluding tert-OH is 1. The maximum absolute atomic E-state index is 12.6. The molecule has 4 nitrogen and oxygen atoms in total. The Bertz CT molecular complexity index is 564. The van der Waals surface area contributed by atoms with Gasteiger partial charge in [-0.3, -0.25) is 0 Å². The van der Waals surface area contributed by atoms with E-state index < -0.39 is 10.0 Å². The van der Waals surface area contributed by atoms with Crippen molar-refractivity contribution < 1.29 is 13.5 Å². The van der Waals surface area contributed by atoms with Crippen LogP contribution < -0.4 is 0 Å². The molecule has 0 bridgehead atoms. The third kappa shape index (κ3) is 3.23. The average Bonchev–Trinajstić information content (AvgIpc) is 2.35. The molecule has 0 spiro atoms. The van der Waals surface area contributed by atoms with Gasteiger partial charge in [-0.1, -0.05) is 19.1 Å². The van der Waals surface area contributed by atoms with Crippen LogP contribution in [0.3, 0.4) is 0 Å². The van der Waals surface area contributed by atoms with Gasteiger partial charge in [0.1, 0.15) is 0 Å². The standard InChI is InChI=1S/C14H21NO3S/c1-5-7-15(6-2)19(17,18)14-9-13(10-16)11(3)8-12(14)4/h5,8-9,16H,1,6-7,10H2,2-4H3. The van der Waals surface area contributed by atoms with Gasteiger partial charge in [-0.05, 0) is 36.6 Å². The van der Waals surface area contributed by atoms with Crippen LogP contribution in [0.1, 0.15) is 23.6 Å². The van der Waals surface area contributed by atoms with Crippen molar-refractivity contribution in [3.05, 3.63) is 41.5 Å². The Hall–Kier alpha value is -1.17. The highest BCUT2D eigenvalue weighted by Crippen LogP contribution is 2.23. The molecule has 0 aliphatic heterocycles. The van der Waals surface area contributed by atoms with E-state index in [0.29, 0.717) is 17.7 Å². The van der Waals surface area contributed by atoms with Crippen LogP contribution in [-0.2, 0) is 16.6 Å². The summed E-state index contributed by atoms with van der Waals surface area (Å²) in [6, 6.07) is 3.35. The summed E-state index contributed by atoms with van der Waals surface area (Å²) in [5, 5.41) is 9.27. The Balaban J connectivity index is 3.39. The molecule has 106 valence electrons. The molecule has 1 N–H and O–H groups in total. The molecule has 0 saturated heterocycles. The highest BCUT2D eigenvalue weighted by Gasteiger charge is 2.24. The van der Waals surface area contributed by atoms with E-state index in [4.69, 9.17) is 0 Å². The normalized spacial score (nSPS) is 11.8. The number of aryl methyl sites for hydroxylation is 2. The third-order valence-corrected chi connectivity index (χ3v) is 5.19. The van der Waals surface area contributed by atoms with E-state index in [1.165, 1.54) is 4.31 Å². The van der Waals surface area contributed by atoms with E-state index in [1.807, 2.05) is 6.92 Å². The number of benzene rings is 1. The Labute approximate surface area is 115 Å². The molecule has 0 amide bonds. The maximum atomic E-state index is 12.6. The number of sulfonamides is 1. The minimum atomic E-state index is -3.54. The summed E-state index contributed by atoms with van der Waals surface area (Å²) in [5.41, 5.74) is 2.22. The maximum Gasteiger partial charge on any atom is 0.243 e. The molecule has 0 heterocycles. The molecule has 5 heteroatoms. The average molecular weight is 283 g/mol. The molecule has 0 aliphatic carbocycles. The lowest BCUT2D eigenvalue weighted by atomic mass is 10.1. The van der Waals surface area contributed by atoms with Crippen LogP contribution in [0.4, 0.5) is 0 Å². The van der Waals surface area contributed by atoms with Gasteiger partial charge in [-0.2, -0.15) is 4.31 Å². The summed E-state index contributed by atoms with van der Waals surface area (Å²) >= 11 is 0. The van der Waals surface area contributed by atoms with Crippen molar-refractivity contribution in [1.29, 1.82) is 0 Å². The number of aliphatic hydroxyl groups is 1. The predicted octanol–water partition coefficient (Wildman–Crippen LogP) is 1.99. The fraction of sp³-hybridized carbons (Fsp3) is 0.429. The number of hydrogen-bond donors (Lipinski definition) is 1. The van der Waals surface area contributed by atoms with Crippen molar-refractivity contribution in [1.82, 2.24) is 4.31 Å². The molecular formula is C14H21NO3S. The second-order valence-electron chi connectivity index (χ2n) is 4.45. The molecule has 1 aromatic rings. The third-order valence-electron chi connectivity index (χ3n) is 3.11. The van der Waals surface area contributed by atoms with E-state index in [-0.39, 0.29) is 18.0 Å². The van der Waals surface area contributed by atoms with Crippen molar-refractivity contribution in [2.45, 2.75) is 32.3 Å². The van der Waals surface area contributed by atoms with Crippen LogP contribution in [0, 0.1) is 13.8 Å². The molecule has 0 fully saturated rings. The van der Waals surface area contributed by atoms with Gasteiger partial charge < -0.3 is 5.11 Å². The smallest absolute Gasteiger partial charge is 0.243 e. The van der Waals surface area contributed by atoms with E-state index in [2.05, 4.69) is 6.58 Å². The first-order valence-corrected chi connectivity index (χ1v) is 7.64. The SMILES string of the molecule is C=CCN(CC)S(=O)(=O)c1cc(CO)c(C)cc1C. The minimum absolute atomic E-state index is 0.164. The lowest BCUT2D eigenvalue weighted by molar-refractivity contribution is 0.280. The summed E-state index contributed by atoms with van der Waals surface area (Å²) < 4.78 is 26.5. The highest BCUT2D eigenvalue weighted by molar-refractivity contribution is 7.89. The molecule has 0 radical (unpaired) electrons. The topological polar surface area (TPSA) is 57.6 Å². The largest absolute Gasteiger partial charge is 0.392 e. The molecule has 0 atom stereocenters. The van der Waals surface area contributed by atoms with Gasteiger partial charge in [0.05, 0.1) is 11.5 Å². The quantitative estimate of drug-likeness (QED) is 0.812. The Morgan fingerprint density at radius 3 is 2.42 bits per heavy atom. The summed E-state index contributed by atoms with van der Waals surface area (Å²) in [6.45, 7) is 9.49. The lowest BCUT2D eigenvalue weighted by Crippen LogP contribution is -2.31. The first-order chi connectivity index (χ1) is 8.88. The Morgan fingerprint density at radius 1 is 1.32 bits per heavy atom. The summed E-state index contributed by atoms with van der Waals surface area (Å²) in [7, 11) is -3.54. The second-order valence-corrected chi connectivity index (χ2v) is 6.35. The molecule has 0 aliphatic rings. The van der Waals surface area contributed by atoms with Crippen LogP contribution in [0.25, 0.3) is 0 Å². The van der Waals surface area contributed by atoms with Crippen molar-refractivity contribution in [3.63, 3.8) is 0 Å². The Morgan fingerprint density at radius 2 is 1.95 bits per heavy atom. The van der Waals surface area contributed by atoms with Gasteiger partial charge in [0.15, 0.2) is 0 Å². The van der Waals surface area contributed by atoms with Crippen LogP contribution in [0.15, 0.2) is 29.7 Å². The second kappa shape index (κ2) is 6.32. The number of likely N-dealkylation sites (N-methyl/N-ethyl adjacent to an activating group) is 1. The van der Waals surface area contributed by atoms with Crippen LogP contribution in [0.2, 0.25) is 0 Å². The predicted molar refractivity (Wildman–Crippen MR) is 76.5 cm³/mol. The summed E-state index contributed by atoms with van der Waals surface area (Å²) in [6.07, 6.45) is 1.57. The van der Waals surface area contributed by atoms with Crippen molar-refractivity contribution in [2.75, 3.05) is 13.1 Å². The monoisotopic (exact) mass is 283 g/mol. The number of rotatable bonds is 6. The number of nitrogens with zero attached hydrogens (tertiary/aromatic N) is 1. The van der Waals surface area contributed by atoms with Crippen molar-refractivity contribution in [3.8, 4) is 0 Å². The summed E-state index contributed by atoms with van der Waals surface area (Å²) in [4.78, 5) is 0.255. The van der Waals surface area contributed by atoms with E-state index in [0.717, 1.165) is 5.56 Å². The fourth-order valence-corrected chi connectivity index (χ4v) is 3.68. The number of hydrogen-bond acceptors (Lipinski definition) is 3. The van der Waals surface area contributed by atoms with E-state index in [9.17, 15) is 13.5 Å². The van der Waals surface area contributed by atoms with Gasteiger partial charge in [0.2, 0.25) is 10.0 Å². The zero-order valence-corrected chi connectivity index (χ0v) is 12.5. The molecular weight excluding hydrogens is 262 g/mol.